The second-order valence-electron chi connectivity index (χ2n) is 4.58. The molecule has 0 amide bonds. The third-order valence-corrected chi connectivity index (χ3v) is 6.26. The van der Waals surface area contributed by atoms with E-state index in [-0.39, 0.29) is 0 Å². The molecule has 0 spiro atoms. The van der Waals surface area contributed by atoms with Crippen molar-refractivity contribution in [2.45, 2.75) is 49.3 Å². The fourth-order valence-electron chi connectivity index (χ4n) is 1.58. The molecule has 1 rings (SSSR count). The molecule has 0 atom stereocenters. The molecule has 1 fully saturated rings. The summed E-state index contributed by atoms with van der Waals surface area (Å²) >= 11 is 12.3. The standard InChI is InChI=1S/C8H16Cl2OSi/c1-7(2)8(9,10)5-6-12(3,4)11-7/h5-6H2,1-4H3. The molecule has 1 heterocycles. The number of rotatable bonds is 0. The van der Waals surface area contributed by atoms with Gasteiger partial charge in [0.25, 0.3) is 0 Å². The maximum absolute atomic E-state index is 6.15. The minimum atomic E-state index is -1.48. The molecule has 0 aliphatic carbocycles. The van der Waals surface area contributed by atoms with E-state index >= 15 is 0 Å². The maximum atomic E-state index is 6.15. The van der Waals surface area contributed by atoms with Crippen LogP contribution in [-0.2, 0) is 4.43 Å². The van der Waals surface area contributed by atoms with Gasteiger partial charge < -0.3 is 4.43 Å². The van der Waals surface area contributed by atoms with Crippen LogP contribution in [0.2, 0.25) is 19.1 Å². The molecular weight excluding hydrogens is 211 g/mol. The van der Waals surface area contributed by atoms with Gasteiger partial charge in [0.1, 0.15) is 4.33 Å². The van der Waals surface area contributed by atoms with E-state index in [0.29, 0.717) is 0 Å². The summed E-state index contributed by atoms with van der Waals surface area (Å²) in [7, 11) is -1.48. The van der Waals surface area contributed by atoms with Crippen molar-refractivity contribution in [2.24, 2.45) is 0 Å². The Morgan fingerprint density at radius 1 is 1.25 bits per heavy atom. The van der Waals surface area contributed by atoms with Gasteiger partial charge >= 0.3 is 0 Å². The summed E-state index contributed by atoms with van der Waals surface area (Å²) in [6.45, 7) is 8.36. The van der Waals surface area contributed by atoms with Gasteiger partial charge in [0.2, 0.25) is 0 Å². The predicted octanol–water partition coefficient (Wildman–Crippen LogP) is 3.56. The first kappa shape index (κ1) is 10.8. The van der Waals surface area contributed by atoms with Gasteiger partial charge in [-0.2, -0.15) is 0 Å². The molecule has 0 aromatic carbocycles. The average Bonchev–Trinajstić information content (AvgIpc) is 1.79. The van der Waals surface area contributed by atoms with Gasteiger partial charge in [-0.15, -0.1) is 0 Å². The molecule has 0 aromatic rings. The molecule has 0 saturated carbocycles. The highest BCUT2D eigenvalue weighted by Crippen LogP contribution is 2.47. The Morgan fingerprint density at radius 3 is 2.08 bits per heavy atom. The van der Waals surface area contributed by atoms with Crippen LogP contribution in [0.15, 0.2) is 0 Å². The number of halogens is 2. The Hall–Kier alpha value is 0.757. The zero-order valence-electron chi connectivity index (χ0n) is 8.08. The molecular formula is C8H16Cl2OSi. The van der Waals surface area contributed by atoms with E-state index in [1.54, 1.807) is 0 Å². The Morgan fingerprint density at radius 2 is 1.75 bits per heavy atom. The average molecular weight is 227 g/mol. The van der Waals surface area contributed by atoms with Crippen LogP contribution < -0.4 is 0 Å². The van der Waals surface area contributed by atoms with E-state index in [1.807, 2.05) is 13.8 Å². The van der Waals surface area contributed by atoms with Crippen molar-refractivity contribution in [3.8, 4) is 0 Å². The van der Waals surface area contributed by atoms with Crippen molar-refractivity contribution < 1.29 is 4.43 Å². The fourth-order valence-corrected chi connectivity index (χ4v) is 4.92. The first-order valence-electron chi connectivity index (χ1n) is 4.24. The van der Waals surface area contributed by atoms with Crippen LogP contribution in [0.5, 0.6) is 0 Å². The van der Waals surface area contributed by atoms with Gasteiger partial charge in [-0.1, -0.05) is 23.2 Å². The zero-order valence-corrected chi connectivity index (χ0v) is 10.6. The Bertz CT molecular complexity index is 189. The highest BCUT2D eigenvalue weighted by molar-refractivity contribution is 6.72. The lowest BCUT2D eigenvalue weighted by molar-refractivity contribution is 0.0621. The molecule has 0 N–H and O–H groups in total. The first-order valence-corrected chi connectivity index (χ1v) is 8.11. The summed E-state index contributed by atoms with van der Waals surface area (Å²) in [5, 5.41) is 0. The van der Waals surface area contributed by atoms with E-state index in [1.165, 1.54) is 0 Å². The van der Waals surface area contributed by atoms with Crippen molar-refractivity contribution in [2.75, 3.05) is 0 Å². The van der Waals surface area contributed by atoms with Crippen LogP contribution in [0.3, 0.4) is 0 Å². The van der Waals surface area contributed by atoms with Crippen molar-refractivity contribution in [1.29, 1.82) is 0 Å². The molecule has 4 heteroatoms. The van der Waals surface area contributed by atoms with E-state index in [9.17, 15) is 0 Å². The van der Waals surface area contributed by atoms with Crippen molar-refractivity contribution in [3.05, 3.63) is 0 Å². The van der Waals surface area contributed by atoms with Gasteiger partial charge in [-0.3, -0.25) is 0 Å². The lowest BCUT2D eigenvalue weighted by Gasteiger charge is -2.48. The van der Waals surface area contributed by atoms with Gasteiger partial charge in [-0.05, 0) is 39.4 Å². The van der Waals surface area contributed by atoms with Gasteiger partial charge in [0.15, 0.2) is 8.32 Å². The molecule has 72 valence electrons. The van der Waals surface area contributed by atoms with Crippen molar-refractivity contribution >= 4 is 31.5 Å². The molecule has 1 aliphatic rings. The third-order valence-electron chi connectivity index (χ3n) is 2.45. The maximum Gasteiger partial charge on any atom is 0.187 e. The smallest absolute Gasteiger partial charge is 0.187 e. The molecule has 0 bridgehead atoms. The summed E-state index contributed by atoms with van der Waals surface area (Å²) in [6.07, 6.45) is 0.850. The summed E-state index contributed by atoms with van der Waals surface area (Å²) in [5.74, 6) is 0. The Kier molecular flexibility index (Phi) is 2.59. The van der Waals surface area contributed by atoms with Crippen LogP contribution in [-0.4, -0.2) is 18.3 Å². The quantitative estimate of drug-likeness (QED) is 0.454. The summed E-state index contributed by atoms with van der Waals surface area (Å²) in [6, 6.07) is 1.05. The summed E-state index contributed by atoms with van der Waals surface area (Å²) in [5.41, 5.74) is -0.399. The lowest BCUT2D eigenvalue weighted by Crippen LogP contribution is -2.55. The van der Waals surface area contributed by atoms with Gasteiger partial charge in [-0.25, -0.2) is 0 Å². The third kappa shape index (κ3) is 1.98. The van der Waals surface area contributed by atoms with Crippen LogP contribution in [0, 0.1) is 0 Å². The predicted molar refractivity (Wildman–Crippen MR) is 56.5 cm³/mol. The molecule has 0 radical (unpaired) electrons. The van der Waals surface area contributed by atoms with Gasteiger partial charge in [0, 0.05) is 0 Å². The fraction of sp³-hybridized carbons (Fsp3) is 1.00. The molecule has 0 unspecified atom stereocenters. The van der Waals surface area contributed by atoms with Crippen LogP contribution in [0.4, 0.5) is 0 Å². The summed E-state index contributed by atoms with van der Waals surface area (Å²) < 4.78 is 5.24. The van der Waals surface area contributed by atoms with Crippen LogP contribution >= 0.6 is 23.2 Å². The molecule has 1 saturated heterocycles. The highest BCUT2D eigenvalue weighted by atomic mass is 35.5. The van der Waals surface area contributed by atoms with Crippen molar-refractivity contribution in [1.82, 2.24) is 0 Å². The Balaban J connectivity index is 2.82. The summed E-state index contributed by atoms with van der Waals surface area (Å²) in [4.78, 5) is 0. The van der Waals surface area contributed by atoms with E-state index in [0.717, 1.165) is 12.5 Å². The largest absolute Gasteiger partial charge is 0.409 e. The molecule has 12 heavy (non-hydrogen) atoms. The zero-order chi connectivity index (χ0) is 9.62. The van der Waals surface area contributed by atoms with E-state index < -0.39 is 18.3 Å². The van der Waals surface area contributed by atoms with E-state index in [2.05, 4.69) is 13.1 Å². The number of hydrogen-bond acceptors (Lipinski definition) is 1. The second kappa shape index (κ2) is 2.87. The van der Waals surface area contributed by atoms with E-state index in [4.69, 9.17) is 27.6 Å². The molecule has 0 aromatic heterocycles. The first-order chi connectivity index (χ1) is 5.16. The second-order valence-corrected chi connectivity index (χ2v) is 10.3. The molecule has 1 aliphatic heterocycles. The highest BCUT2D eigenvalue weighted by Gasteiger charge is 2.51. The van der Waals surface area contributed by atoms with Crippen molar-refractivity contribution in [3.63, 3.8) is 0 Å². The minimum Gasteiger partial charge on any atom is -0.409 e. The van der Waals surface area contributed by atoms with Gasteiger partial charge in [0.05, 0.1) is 5.60 Å². The normalized spacial score (nSPS) is 31.5. The lowest BCUT2D eigenvalue weighted by atomic mass is 10.0. The molecule has 1 nitrogen and oxygen atoms in total. The van der Waals surface area contributed by atoms with Crippen LogP contribution in [0.1, 0.15) is 20.3 Å². The van der Waals surface area contributed by atoms with Crippen LogP contribution in [0.25, 0.3) is 0 Å². The number of hydrogen-bond donors (Lipinski definition) is 0. The minimum absolute atomic E-state index is 0.399. The Labute approximate surface area is 85.5 Å². The SMILES string of the molecule is CC1(C)O[Si](C)(C)CCC1(Cl)Cl. The monoisotopic (exact) mass is 226 g/mol. The topological polar surface area (TPSA) is 9.23 Å². The number of alkyl halides is 2.